The van der Waals surface area contributed by atoms with Crippen LogP contribution < -0.4 is 4.57 Å². The molecule has 0 atom stereocenters. The number of aryl methyl sites for hydroxylation is 3. The summed E-state index contributed by atoms with van der Waals surface area (Å²) in [6.45, 7) is 20.5. The molecule has 0 aromatic carbocycles. The zero-order valence-corrected chi connectivity index (χ0v) is 14.9. The molecule has 0 bridgehead atoms. The molecular weight excluding hydrogens is 256 g/mol. The van der Waals surface area contributed by atoms with Crippen molar-refractivity contribution < 1.29 is 4.57 Å². The lowest BCUT2D eigenvalue weighted by molar-refractivity contribution is -0.748. The van der Waals surface area contributed by atoms with Gasteiger partial charge in [-0.3, -0.25) is 0 Å². The van der Waals surface area contributed by atoms with Crippen LogP contribution in [0.2, 0.25) is 0 Å². The first-order chi connectivity index (χ1) is 9.62. The number of fused-ring (bicyclic) bond motifs is 3. The number of pyridine rings is 1. The fourth-order valence-corrected chi connectivity index (χ4v) is 4.12. The average molecular weight is 283 g/mol. The van der Waals surface area contributed by atoms with Crippen LogP contribution in [0.25, 0.3) is 11.1 Å². The van der Waals surface area contributed by atoms with Crippen LogP contribution in [0.1, 0.15) is 61.6 Å². The maximum Gasteiger partial charge on any atom is 0.259 e. The van der Waals surface area contributed by atoms with Crippen LogP contribution in [0.3, 0.4) is 0 Å². The molecule has 3 heterocycles. The summed E-state index contributed by atoms with van der Waals surface area (Å²) < 4.78 is 5.00. The van der Waals surface area contributed by atoms with Gasteiger partial charge in [0.05, 0.1) is 0 Å². The van der Waals surface area contributed by atoms with Gasteiger partial charge in [0.25, 0.3) is 5.82 Å². The molecule has 0 saturated heterocycles. The van der Waals surface area contributed by atoms with Crippen LogP contribution in [-0.2, 0) is 5.54 Å². The summed E-state index contributed by atoms with van der Waals surface area (Å²) in [7, 11) is 0. The fraction of sp³-hybridized carbons (Fsp3) is 0.526. The van der Waals surface area contributed by atoms with Crippen molar-refractivity contribution >= 4 is 11.1 Å². The van der Waals surface area contributed by atoms with Crippen LogP contribution in [0.5, 0.6) is 0 Å². The third-order valence-electron chi connectivity index (χ3n) is 6.07. The molecule has 0 saturated carbocycles. The van der Waals surface area contributed by atoms with E-state index < -0.39 is 0 Å². The summed E-state index contributed by atoms with van der Waals surface area (Å²) in [5, 5.41) is 0. The number of imidazole rings is 1. The molecule has 0 amide bonds. The third kappa shape index (κ3) is 1.46. The maximum atomic E-state index is 2.53. The average Bonchev–Trinajstić information content (AvgIpc) is 2.82. The quantitative estimate of drug-likeness (QED) is 0.637. The molecule has 112 valence electrons. The molecule has 0 fully saturated rings. The number of aromatic nitrogens is 2. The van der Waals surface area contributed by atoms with Gasteiger partial charge in [0.15, 0.2) is 11.2 Å². The lowest BCUT2D eigenvalue weighted by Crippen LogP contribution is -2.53. The number of hydrogen-bond donors (Lipinski definition) is 0. The van der Waals surface area contributed by atoms with Crippen molar-refractivity contribution in [3.63, 3.8) is 0 Å². The van der Waals surface area contributed by atoms with E-state index in [4.69, 9.17) is 0 Å². The third-order valence-corrected chi connectivity index (χ3v) is 6.07. The van der Waals surface area contributed by atoms with Crippen molar-refractivity contribution in [1.29, 1.82) is 0 Å². The highest BCUT2D eigenvalue weighted by Gasteiger charge is 2.44. The first-order valence-electron chi connectivity index (χ1n) is 7.84. The second kappa shape index (κ2) is 4.00. The SMILES string of the molecule is CC1=C(C)C(C)(C)[n+]2c1c1c(C)c(C)c(C)c(C)n1c2C. The predicted octanol–water partition coefficient (Wildman–Crippen LogP) is 4.31. The Morgan fingerprint density at radius 2 is 1.38 bits per heavy atom. The summed E-state index contributed by atoms with van der Waals surface area (Å²) in [6.07, 6.45) is 0. The van der Waals surface area contributed by atoms with Crippen molar-refractivity contribution in [3.05, 3.63) is 39.5 Å². The monoisotopic (exact) mass is 283 g/mol. The van der Waals surface area contributed by atoms with Gasteiger partial charge in [-0.1, -0.05) is 0 Å². The van der Waals surface area contributed by atoms with Gasteiger partial charge in [-0.05, 0) is 72.1 Å². The van der Waals surface area contributed by atoms with Gasteiger partial charge >= 0.3 is 0 Å². The van der Waals surface area contributed by atoms with Crippen molar-refractivity contribution in [1.82, 2.24) is 4.40 Å². The Kier molecular flexibility index (Phi) is 2.73. The lowest BCUT2D eigenvalue weighted by Gasteiger charge is -2.19. The highest BCUT2D eigenvalue weighted by Crippen LogP contribution is 2.39. The molecule has 3 rings (SSSR count). The van der Waals surface area contributed by atoms with Gasteiger partial charge in [0.2, 0.25) is 0 Å². The summed E-state index contributed by atoms with van der Waals surface area (Å²) in [4.78, 5) is 0. The second-order valence-electron chi connectivity index (χ2n) is 7.18. The van der Waals surface area contributed by atoms with Crippen molar-refractivity contribution in [2.24, 2.45) is 0 Å². The standard InChI is InChI=1S/C19H27N2/c1-10-11(2)15(6)20-16(7)21-18(17(20)12(10)3)13(4)14(5)19(21,8)9/h1-9H3/q+1. The van der Waals surface area contributed by atoms with Crippen molar-refractivity contribution in [2.75, 3.05) is 0 Å². The Hall–Kier alpha value is -1.57. The zero-order valence-electron chi connectivity index (χ0n) is 14.9. The van der Waals surface area contributed by atoms with Gasteiger partial charge in [0, 0.05) is 18.1 Å². The first-order valence-corrected chi connectivity index (χ1v) is 7.84. The first kappa shape index (κ1) is 14.4. The molecule has 1 aliphatic heterocycles. The van der Waals surface area contributed by atoms with Crippen LogP contribution in [0.4, 0.5) is 0 Å². The van der Waals surface area contributed by atoms with E-state index in [0.29, 0.717) is 0 Å². The maximum absolute atomic E-state index is 2.53. The Labute approximate surface area is 128 Å². The van der Waals surface area contributed by atoms with Gasteiger partial charge in [-0.25, -0.2) is 4.57 Å². The van der Waals surface area contributed by atoms with E-state index in [1.807, 2.05) is 0 Å². The fourth-order valence-electron chi connectivity index (χ4n) is 4.12. The van der Waals surface area contributed by atoms with Crippen molar-refractivity contribution in [3.8, 4) is 0 Å². The van der Waals surface area contributed by atoms with Gasteiger partial charge < -0.3 is 0 Å². The molecule has 2 aromatic heterocycles. The van der Waals surface area contributed by atoms with E-state index in [2.05, 4.69) is 71.3 Å². The van der Waals surface area contributed by atoms with E-state index in [0.717, 1.165) is 0 Å². The molecule has 1 aliphatic rings. The van der Waals surface area contributed by atoms with E-state index in [-0.39, 0.29) is 5.54 Å². The second-order valence-corrected chi connectivity index (χ2v) is 7.18. The smallest absolute Gasteiger partial charge is 0.218 e. The highest BCUT2D eigenvalue weighted by molar-refractivity contribution is 5.80. The molecule has 0 unspecified atom stereocenters. The van der Waals surface area contributed by atoms with Gasteiger partial charge in [0.1, 0.15) is 11.2 Å². The van der Waals surface area contributed by atoms with Gasteiger partial charge in [-0.15, -0.1) is 0 Å². The normalized spacial score (nSPS) is 17.0. The van der Waals surface area contributed by atoms with Crippen LogP contribution in [0, 0.1) is 34.6 Å². The minimum absolute atomic E-state index is 0.0657. The number of nitrogens with zero attached hydrogens (tertiary/aromatic N) is 2. The largest absolute Gasteiger partial charge is 0.259 e. The van der Waals surface area contributed by atoms with E-state index >= 15 is 0 Å². The minimum Gasteiger partial charge on any atom is -0.218 e. The molecular formula is C19H27N2+. The zero-order chi connectivity index (χ0) is 15.9. The van der Waals surface area contributed by atoms with E-state index in [9.17, 15) is 0 Å². The number of rotatable bonds is 0. The minimum atomic E-state index is 0.0657. The molecule has 2 aromatic rings. The highest BCUT2D eigenvalue weighted by atomic mass is 15.2. The topological polar surface area (TPSA) is 8.29 Å². The predicted molar refractivity (Wildman–Crippen MR) is 88.9 cm³/mol. The molecule has 0 spiro atoms. The molecule has 21 heavy (non-hydrogen) atoms. The molecule has 0 aliphatic carbocycles. The lowest BCUT2D eigenvalue weighted by atomic mass is 9.94. The van der Waals surface area contributed by atoms with Gasteiger partial charge in [-0.2, -0.15) is 4.40 Å². The Morgan fingerprint density at radius 3 is 1.95 bits per heavy atom. The van der Waals surface area contributed by atoms with Crippen molar-refractivity contribution in [2.45, 2.75) is 67.9 Å². The summed E-state index contributed by atoms with van der Waals surface area (Å²) in [5.41, 5.74) is 11.4. The Bertz CT molecular complexity index is 830. The van der Waals surface area contributed by atoms with Crippen LogP contribution in [0.15, 0.2) is 5.57 Å². The molecule has 2 heteroatoms. The van der Waals surface area contributed by atoms with Crippen LogP contribution >= 0.6 is 0 Å². The summed E-state index contributed by atoms with van der Waals surface area (Å²) in [6, 6.07) is 0. The molecule has 0 radical (unpaired) electrons. The summed E-state index contributed by atoms with van der Waals surface area (Å²) in [5.74, 6) is 1.34. The van der Waals surface area contributed by atoms with Crippen LogP contribution in [-0.4, -0.2) is 4.40 Å². The van der Waals surface area contributed by atoms with E-state index in [1.165, 1.54) is 50.6 Å². The Morgan fingerprint density at radius 1 is 0.810 bits per heavy atom. The molecule has 2 nitrogen and oxygen atoms in total. The Balaban J connectivity index is 2.65. The molecule has 0 N–H and O–H groups in total. The summed E-state index contributed by atoms with van der Waals surface area (Å²) >= 11 is 0. The van der Waals surface area contributed by atoms with E-state index in [1.54, 1.807) is 0 Å². The number of allylic oxidation sites excluding steroid dienone is 2. The number of hydrogen-bond acceptors (Lipinski definition) is 0.